The maximum Gasteiger partial charge on any atom is 0.410 e. The van der Waals surface area contributed by atoms with Crippen molar-refractivity contribution in [3.63, 3.8) is 0 Å². The normalized spacial score (nSPS) is 23.4. The van der Waals surface area contributed by atoms with Gasteiger partial charge in [0.15, 0.2) is 0 Å². The molecule has 0 radical (unpaired) electrons. The lowest BCUT2D eigenvalue weighted by Crippen LogP contribution is -2.44. The highest BCUT2D eigenvalue weighted by Gasteiger charge is 2.29. The van der Waals surface area contributed by atoms with Gasteiger partial charge < -0.3 is 9.64 Å². The Labute approximate surface area is 101 Å². The van der Waals surface area contributed by atoms with Crippen LogP contribution in [0.5, 0.6) is 0 Å². The van der Waals surface area contributed by atoms with Gasteiger partial charge in [-0.05, 0) is 32.8 Å². The Morgan fingerprint density at radius 3 is 2.76 bits per heavy atom. The summed E-state index contributed by atoms with van der Waals surface area (Å²) in [6, 6.07) is 1.81. The van der Waals surface area contributed by atoms with E-state index in [1.165, 1.54) is 11.0 Å². The Kier molecular flexibility index (Phi) is 4.11. The highest BCUT2D eigenvalue weighted by molar-refractivity contribution is 5.68. The molecule has 0 saturated carbocycles. The van der Waals surface area contributed by atoms with Gasteiger partial charge in [-0.25, -0.2) is 9.18 Å². The Morgan fingerprint density at radius 2 is 2.29 bits per heavy atom. The highest BCUT2D eigenvalue weighted by atomic mass is 19.1. The number of likely N-dealkylation sites (tertiary alicyclic amines) is 1. The largest absolute Gasteiger partial charge is 0.444 e. The van der Waals surface area contributed by atoms with Crippen molar-refractivity contribution in [1.29, 1.82) is 5.26 Å². The second kappa shape index (κ2) is 5.17. The number of allylic oxidation sites excluding steroid dienone is 1. The topological polar surface area (TPSA) is 53.3 Å². The van der Waals surface area contributed by atoms with Gasteiger partial charge >= 0.3 is 6.09 Å². The number of carbonyl (C=O) groups is 1. The summed E-state index contributed by atoms with van der Waals surface area (Å²) in [5, 5.41) is 8.47. The van der Waals surface area contributed by atoms with E-state index in [1.807, 2.05) is 6.07 Å². The van der Waals surface area contributed by atoms with Crippen LogP contribution in [0.4, 0.5) is 9.18 Å². The van der Waals surface area contributed by atoms with Crippen LogP contribution in [0.25, 0.3) is 0 Å². The molecule has 1 heterocycles. The van der Waals surface area contributed by atoms with Crippen molar-refractivity contribution in [3.8, 4) is 6.07 Å². The first kappa shape index (κ1) is 13.5. The van der Waals surface area contributed by atoms with Crippen LogP contribution in [0, 0.1) is 11.3 Å². The maximum absolute atomic E-state index is 13.6. The van der Waals surface area contributed by atoms with Crippen molar-refractivity contribution in [2.45, 2.75) is 39.0 Å². The van der Waals surface area contributed by atoms with Gasteiger partial charge in [0.1, 0.15) is 11.8 Å². The fourth-order valence-corrected chi connectivity index (χ4v) is 1.56. The van der Waals surface area contributed by atoms with Gasteiger partial charge in [-0.3, -0.25) is 0 Å². The van der Waals surface area contributed by atoms with Crippen LogP contribution >= 0.6 is 0 Å². The molecule has 0 aromatic rings. The number of hydrogen-bond donors (Lipinski definition) is 0. The molecule has 1 aliphatic rings. The summed E-state index contributed by atoms with van der Waals surface area (Å²) in [6.45, 7) is 5.65. The van der Waals surface area contributed by atoms with Crippen LogP contribution in [0.15, 0.2) is 11.6 Å². The third-order valence-electron chi connectivity index (χ3n) is 2.36. The van der Waals surface area contributed by atoms with Crippen molar-refractivity contribution >= 4 is 6.09 Å². The summed E-state index contributed by atoms with van der Waals surface area (Å²) in [4.78, 5) is 13.0. The number of nitrogens with zero attached hydrogens (tertiary/aromatic N) is 2. The number of amides is 1. The summed E-state index contributed by atoms with van der Waals surface area (Å²) in [7, 11) is 0. The molecule has 1 fully saturated rings. The van der Waals surface area contributed by atoms with Crippen LogP contribution in [0.2, 0.25) is 0 Å². The second-order valence-electron chi connectivity index (χ2n) is 4.99. The highest BCUT2D eigenvalue weighted by Crippen LogP contribution is 2.21. The average Bonchev–Trinajstić information content (AvgIpc) is 2.18. The molecule has 5 heteroatoms. The van der Waals surface area contributed by atoms with Crippen molar-refractivity contribution in [2.75, 3.05) is 13.1 Å². The van der Waals surface area contributed by atoms with E-state index in [2.05, 4.69) is 0 Å². The summed E-state index contributed by atoms with van der Waals surface area (Å²) in [5.74, 6) is 0. The van der Waals surface area contributed by atoms with E-state index in [4.69, 9.17) is 10.00 Å². The van der Waals surface area contributed by atoms with Gasteiger partial charge in [-0.15, -0.1) is 0 Å². The predicted molar refractivity (Wildman–Crippen MR) is 61.0 cm³/mol. The fourth-order valence-electron chi connectivity index (χ4n) is 1.56. The predicted octanol–water partition coefficient (Wildman–Crippen LogP) is 2.42. The van der Waals surface area contributed by atoms with Crippen molar-refractivity contribution in [3.05, 3.63) is 11.6 Å². The van der Waals surface area contributed by atoms with E-state index in [-0.39, 0.29) is 6.54 Å². The van der Waals surface area contributed by atoms with Crippen molar-refractivity contribution in [1.82, 2.24) is 4.90 Å². The first-order valence-electron chi connectivity index (χ1n) is 5.54. The van der Waals surface area contributed by atoms with Gasteiger partial charge in [0, 0.05) is 12.6 Å². The molecule has 1 saturated heterocycles. The van der Waals surface area contributed by atoms with E-state index >= 15 is 0 Å². The molecule has 0 N–H and O–H groups in total. The molecular formula is C12H17FN2O2. The zero-order chi connectivity index (χ0) is 13.1. The quantitative estimate of drug-likeness (QED) is 0.611. The van der Waals surface area contributed by atoms with Crippen molar-refractivity contribution in [2.24, 2.45) is 0 Å². The van der Waals surface area contributed by atoms with Crippen LogP contribution in [0.3, 0.4) is 0 Å². The van der Waals surface area contributed by atoms with Crippen LogP contribution < -0.4 is 0 Å². The third kappa shape index (κ3) is 4.06. The Morgan fingerprint density at radius 1 is 1.65 bits per heavy atom. The average molecular weight is 240 g/mol. The minimum Gasteiger partial charge on any atom is -0.444 e. The Bertz CT molecular complexity index is 366. The minimum atomic E-state index is -1.27. The summed E-state index contributed by atoms with van der Waals surface area (Å²) in [6.07, 6.45) is -0.169. The zero-order valence-electron chi connectivity index (χ0n) is 10.4. The van der Waals surface area contributed by atoms with Crippen LogP contribution in [-0.2, 0) is 4.74 Å². The number of ether oxygens (including phenoxy) is 1. The van der Waals surface area contributed by atoms with E-state index in [0.717, 1.165) is 0 Å². The number of rotatable bonds is 0. The van der Waals surface area contributed by atoms with E-state index < -0.39 is 17.9 Å². The van der Waals surface area contributed by atoms with Crippen LogP contribution in [0.1, 0.15) is 27.2 Å². The van der Waals surface area contributed by atoms with E-state index in [0.29, 0.717) is 18.5 Å². The van der Waals surface area contributed by atoms with Gasteiger partial charge in [0.25, 0.3) is 0 Å². The minimum absolute atomic E-state index is 0.0393. The van der Waals surface area contributed by atoms with Gasteiger partial charge in [-0.2, -0.15) is 5.26 Å². The SMILES string of the molecule is CC(C)(C)OC(=O)N1CCC(=CC#N)C(F)C1. The number of piperidine rings is 1. The zero-order valence-corrected chi connectivity index (χ0v) is 10.4. The molecule has 0 aromatic heterocycles. The van der Waals surface area contributed by atoms with E-state index in [1.54, 1.807) is 20.8 Å². The number of nitriles is 1. The fraction of sp³-hybridized carbons (Fsp3) is 0.667. The second-order valence-corrected chi connectivity index (χ2v) is 4.99. The Hall–Kier alpha value is -1.57. The first-order chi connectivity index (χ1) is 7.83. The molecule has 0 spiro atoms. The molecule has 4 nitrogen and oxygen atoms in total. The standard InChI is InChI=1S/C12H17FN2O2/c1-12(2,3)17-11(16)15-7-5-9(4-6-14)10(13)8-15/h4,10H,5,7-8H2,1-3H3. The monoisotopic (exact) mass is 240 g/mol. The molecule has 1 atom stereocenters. The molecule has 0 bridgehead atoms. The number of alkyl halides is 1. The number of carbonyl (C=O) groups excluding carboxylic acids is 1. The summed E-state index contributed by atoms with van der Waals surface area (Å²) in [5.41, 5.74) is -0.127. The molecule has 17 heavy (non-hydrogen) atoms. The third-order valence-corrected chi connectivity index (χ3v) is 2.36. The molecule has 1 amide bonds. The molecular weight excluding hydrogens is 223 g/mol. The number of hydrogen-bond acceptors (Lipinski definition) is 3. The lowest BCUT2D eigenvalue weighted by Gasteiger charge is -2.32. The molecule has 1 rings (SSSR count). The molecule has 1 unspecified atom stereocenters. The molecule has 0 aromatic carbocycles. The van der Waals surface area contributed by atoms with Crippen molar-refractivity contribution < 1.29 is 13.9 Å². The number of halogens is 1. The lowest BCUT2D eigenvalue weighted by molar-refractivity contribution is 0.0185. The molecule has 0 aliphatic carbocycles. The van der Waals surface area contributed by atoms with Gasteiger partial charge in [0.2, 0.25) is 0 Å². The molecule has 1 aliphatic heterocycles. The van der Waals surface area contributed by atoms with Gasteiger partial charge in [0.05, 0.1) is 12.6 Å². The maximum atomic E-state index is 13.6. The summed E-state index contributed by atoms with van der Waals surface area (Å²) < 4.78 is 18.8. The first-order valence-corrected chi connectivity index (χ1v) is 5.54. The lowest BCUT2D eigenvalue weighted by atomic mass is 10.0. The summed E-state index contributed by atoms with van der Waals surface area (Å²) >= 11 is 0. The van der Waals surface area contributed by atoms with E-state index in [9.17, 15) is 9.18 Å². The van der Waals surface area contributed by atoms with Crippen LogP contribution in [-0.4, -0.2) is 35.9 Å². The molecule has 94 valence electrons. The van der Waals surface area contributed by atoms with Gasteiger partial charge in [-0.1, -0.05) is 0 Å². The smallest absolute Gasteiger partial charge is 0.410 e. The Balaban J connectivity index is 2.59.